The van der Waals surface area contributed by atoms with E-state index in [2.05, 4.69) is 6.07 Å². The van der Waals surface area contributed by atoms with Gasteiger partial charge in [0.2, 0.25) is 0 Å². The van der Waals surface area contributed by atoms with E-state index in [-0.39, 0.29) is 5.75 Å². The summed E-state index contributed by atoms with van der Waals surface area (Å²) >= 11 is 0. The van der Waals surface area contributed by atoms with Crippen molar-refractivity contribution in [3.05, 3.63) is 53.6 Å². The number of nitriles is 1. The number of hydrogen-bond donors (Lipinski definition) is 1. The van der Waals surface area contributed by atoms with E-state index in [4.69, 9.17) is 10.00 Å². The number of phenolic OH excluding ortho intramolecular Hbond substituents is 1. The summed E-state index contributed by atoms with van der Waals surface area (Å²) in [4.78, 5) is 0. The Morgan fingerprint density at radius 2 is 1.88 bits per heavy atom. The fourth-order valence-electron chi connectivity index (χ4n) is 1.48. The van der Waals surface area contributed by atoms with Gasteiger partial charge in [0.25, 0.3) is 0 Å². The number of rotatable bonds is 2. The van der Waals surface area contributed by atoms with Crippen LogP contribution in [0.15, 0.2) is 42.5 Å². The van der Waals surface area contributed by atoms with Crippen molar-refractivity contribution in [3.8, 4) is 23.3 Å². The second-order valence-corrected chi connectivity index (χ2v) is 3.68. The molecular weight excluding hydrogens is 214 g/mol. The van der Waals surface area contributed by atoms with E-state index in [1.807, 2.05) is 13.0 Å². The monoisotopic (exact) mass is 225 g/mol. The minimum atomic E-state index is 0.0527. The van der Waals surface area contributed by atoms with E-state index in [0.29, 0.717) is 17.1 Å². The lowest BCUT2D eigenvalue weighted by atomic mass is 10.1. The molecule has 1 N–H and O–H groups in total. The third kappa shape index (κ3) is 2.37. The molecule has 2 aromatic rings. The van der Waals surface area contributed by atoms with E-state index >= 15 is 0 Å². The first kappa shape index (κ1) is 11.0. The van der Waals surface area contributed by atoms with Gasteiger partial charge in [-0.3, -0.25) is 0 Å². The summed E-state index contributed by atoms with van der Waals surface area (Å²) in [7, 11) is 0. The summed E-state index contributed by atoms with van der Waals surface area (Å²) < 4.78 is 5.51. The summed E-state index contributed by atoms with van der Waals surface area (Å²) in [5.41, 5.74) is 1.44. The van der Waals surface area contributed by atoms with E-state index in [1.165, 1.54) is 6.07 Å². The number of para-hydroxylation sites is 2. The smallest absolute Gasteiger partial charge is 0.169 e. The fraction of sp³-hybridized carbons (Fsp3) is 0.0714. The van der Waals surface area contributed by atoms with Crippen molar-refractivity contribution >= 4 is 0 Å². The Morgan fingerprint density at radius 1 is 1.12 bits per heavy atom. The normalized spacial score (nSPS) is 9.65. The first-order valence-electron chi connectivity index (χ1n) is 5.17. The summed E-state index contributed by atoms with van der Waals surface area (Å²) in [5, 5.41) is 18.6. The van der Waals surface area contributed by atoms with Gasteiger partial charge >= 0.3 is 0 Å². The van der Waals surface area contributed by atoms with Crippen LogP contribution in [0, 0.1) is 18.3 Å². The molecule has 2 aromatic carbocycles. The maximum absolute atomic E-state index is 9.58. The van der Waals surface area contributed by atoms with Crippen LogP contribution in [-0.4, -0.2) is 5.11 Å². The van der Waals surface area contributed by atoms with Crippen LogP contribution in [0.2, 0.25) is 0 Å². The molecule has 0 spiro atoms. The molecule has 17 heavy (non-hydrogen) atoms. The number of hydrogen-bond acceptors (Lipinski definition) is 3. The van der Waals surface area contributed by atoms with Crippen molar-refractivity contribution in [2.45, 2.75) is 6.92 Å². The molecule has 0 fully saturated rings. The minimum Gasteiger partial charge on any atom is -0.504 e. The quantitative estimate of drug-likeness (QED) is 0.852. The lowest BCUT2D eigenvalue weighted by Gasteiger charge is -2.09. The average molecular weight is 225 g/mol. The fourth-order valence-corrected chi connectivity index (χ4v) is 1.48. The SMILES string of the molecule is Cc1ccc(Oc2ccccc2O)c(C#N)c1. The minimum absolute atomic E-state index is 0.0527. The van der Waals surface area contributed by atoms with Crippen molar-refractivity contribution in [2.24, 2.45) is 0 Å². The maximum Gasteiger partial charge on any atom is 0.169 e. The molecule has 3 nitrogen and oxygen atoms in total. The van der Waals surface area contributed by atoms with Crippen LogP contribution in [0.25, 0.3) is 0 Å². The number of aromatic hydroxyl groups is 1. The summed E-state index contributed by atoms with van der Waals surface area (Å²) in [6.45, 7) is 1.91. The Morgan fingerprint density at radius 3 is 2.59 bits per heavy atom. The topological polar surface area (TPSA) is 53.2 Å². The van der Waals surface area contributed by atoms with Crippen molar-refractivity contribution < 1.29 is 9.84 Å². The number of ether oxygens (including phenoxy) is 1. The first-order valence-corrected chi connectivity index (χ1v) is 5.17. The highest BCUT2D eigenvalue weighted by Gasteiger charge is 2.07. The van der Waals surface area contributed by atoms with Crippen LogP contribution >= 0.6 is 0 Å². The Labute approximate surface area is 99.5 Å². The van der Waals surface area contributed by atoms with Gasteiger partial charge in [0.15, 0.2) is 11.5 Å². The molecule has 2 rings (SSSR count). The molecular formula is C14H11NO2. The van der Waals surface area contributed by atoms with Crippen molar-refractivity contribution in [2.75, 3.05) is 0 Å². The predicted octanol–water partition coefficient (Wildman–Crippen LogP) is 3.36. The number of benzene rings is 2. The molecule has 0 saturated heterocycles. The summed E-state index contributed by atoms with van der Waals surface area (Å²) in [5.74, 6) is 0.837. The molecule has 0 aliphatic rings. The molecule has 0 unspecified atom stereocenters. The number of aryl methyl sites for hydroxylation is 1. The molecule has 0 heterocycles. The summed E-state index contributed by atoms with van der Waals surface area (Å²) in [6.07, 6.45) is 0. The molecule has 0 atom stereocenters. The van der Waals surface area contributed by atoms with Gasteiger partial charge < -0.3 is 9.84 Å². The zero-order valence-electron chi connectivity index (χ0n) is 9.34. The van der Waals surface area contributed by atoms with Crippen LogP contribution in [0.1, 0.15) is 11.1 Å². The highest BCUT2D eigenvalue weighted by Crippen LogP contribution is 2.31. The lowest BCUT2D eigenvalue weighted by molar-refractivity contribution is 0.410. The highest BCUT2D eigenvalue weighted by molar-refractivity contribution is 5.49. The van der Waals surface area contributed by atoms with Gasteiger partial charge in [-0.1, -0.05) is 18.2 Å². The largest absolute Gasteiger partial charge is 0.504 e. The Balaban J connectivity index is 2.37. The number of phenols is 1. The van der Waals surface area contributed by atoms with Crippen LogP contribution in [0.4, 0.5) is 0 Å². The highest BCUT2D eigenvalue weighted by atomic mass is 16.5. The molecule has 0 saturated carbocycles. The van der Waals surface area contributed by atoms with Crippen LogP contribution in [0.5, 0.6) is 17.2 Å². The van der Waals surface area contributed by atoms with E-state index in [0.717, 1.165) is 5.56 Å². The van der Waals surface area contributed by atoms with E-state index < -0.39 is 0 Å². The van der Waals surface area contributed by atoms with Crippen molar-refractivity contribution in [1.82, 2.24) is 0 Å². The first-order chi connectivity index (χ1) is 8.20. The molecule has 3 heteroatoms. The standard InChI is InChI=1S/C14H11NO2/c1-10-6-7-13(11(8-10)9-15)17-14-5-3-2-4-12(14)16/h2-8,16H,1H3. The van der Waals surface area contributed by atoms with Crippen LogP contribution in [0.3, 0.4) is 0 Å². The van der Waals surface area contributed by atoms with E-state index in [9.17, 15) is 5.11 Å². The molecule has 0 aliphatic carbocycles. The van der Waals surface area contributed by atoms with Gasteiger partial charge in [-0.05, 0) is 36.8 Å². The molecule has 0 aliphatic heterocycles. The average Bonchev–Trinajstić information content (AvgIpc) is 2.34. The van der Waals surface area contributed by atoms with Gasteiger partial charge in [-0.2, -0.15) is 5.26 Å². The molecule has 0 amide bonds. The number of nitrogens with zero attached hydrogens (tertiary/aromatic N) is 1. The zero-order valence-corrected chi connectivity index (χ0v) is 9.34. The van der Waals surface area contributed by atoms with Crippen molar-refractivity contribution in [3.63, 3.8) is 0 Å². The summed E-state index contributed by atoms with van der Waals surface area (Å²) in [6, 6.07) is 14.1. The molecule has 0 bridgehead atoms. The Bertz CT molecular complexity index is 585. The predicted molar refractivity (Wildman–Crippen MR) is 64.1 cm³/mol. The van der Waals surface area contributed by atoms with Gasteiger partial charge in [-0.25, -0.2) is 0 Å². The third-order valence-electron chi connectivity index (χ3n) is 2.34. The van der Waals surface area contributed by atoms with E-state index in [1.54, 1.807) is 30.3 Å². The van der Waals surface area contributed by atoms with Crippen molar-refractivity contribution in [1.29, 1.82) is 5.26 Å². The van der Waals surface area contributed by atoms with Gasteiger partial charge in [-0.15, -0.1) is 0 Å². The Kier molecular flexibility index (Phi) is 2.97. The van der Waals surface area contributed by atoms with Crippen LogP contribution < -0.4 is 4.74 Å². The van der Waals surface area contributed by atoms with Gasteiger partial charge in [0, 0.05) is 0 Å². The second-order valence-electron chi connectivity index (χ2n) is 3.68. The Hall–Kier alpha value is -2.47. The van der Waals surface area contributed by atoms with Crippen LogP contribution in [-0.2, 0) is 0 Å². The second kappa shape index (κ2) is 4.58. The lowest BCUT2D eigenvalue weighted by Crippen LogP contribution is -1.89. The van der Waals surface area contributed by atoms with Gasteiger partial charge in [0.05, 0.1) is 5.56 Å². The molecule has 0 aromatic heterocycles. The van der Waals surface area contributed by atoms with Gasteiger partial charge in [0.1, 0.15) is 11.8 Å². The maximum atomic E-state index is 9.58. The zero-order chi connectivity index (χ0) is 12.3. The molecule has 0 radical (unpaired) electrons. The third-order valence-corrected chi connectivity index (χ3v) is 2.34. The molecule has 84 valence electrons.